The molecule has 0 aliphatic carbocycles. The van der Waals surface area contributed by atoms with Gasteiger partial charge in [-0.05, 0) is 75.5 Å². The van der Waals surface area contributed by atoms with Gasteiger partial charge in [0.2, 0.25) is 0 Å². The normalized spacial score (nSPS) is 11.9. The van der Waals surface area contributed by atoms with Gasteiger partial charge in [0.25, 0.3) is 0 Å². The summed E-state index contributed by atoms with van der Waals surface area (Å²) < 4.78 is 13.6. The van der Waals surface area contributed by atoms with Crippen molar-refractivity contribution in [3.05, 3.63) is 120 Å². The van der Waals surface area contributed by atoms with Gasteiger partial charge in [0.05, 0.1) is 70.3 Å². The molecule has 9 rings (SSSR count). The van der Waals surface area contributed by atoms with Crippen LogP contribution < -0.4 is 0 Å². The molecule has 324 valence electrons. The molecule has 1 saturated heterocycles. The average molecular weight is 1080 g/mol. The smallest absolute Gasteiger partial charge is 0 e. The van der Waals surface area contributed by atoms with Gasteiger partial charge in [0.15, 0.2) is 0 Å². The summed E-state index contributed by atoms with van der Waals surface area (Å²) in [4.78, 5) is 23.5. The summed E-state index contributed by atoms with van der Waals surface area (Å²) in [5.74, 6) is 4.27. The molecule has 0 N–H and O–H groups in total. The first-order valence-corrected chi connectivity index (χ1v) is 24.1. The van der Waals surface area contributed by atoms with E-state index in [1.807, 2.05) is 24.3 Å². The fraction of sp³-hybridized carbons (Fsp3) is 0.333. The van der Waals surface area contributed by atoms with Crippen molar-refractivity contribution < 1.29 is 85.6 Å². The van der Waals surface area contributed by atoms with Gasteiger partial charge in [-0.25, -0.2) is 19.9 Å². The van der Waals surface area contributed by atoms with Crippen LogP contribution in [0.2, 0.25) is 0 Å². The van der Waals surface area contributed by atoms with Crippen LogP contribution in [0, 0.1) is 0 Å². The first-order chi connectivity index (χ1) is 27.5. The van der Waals surface area contributed by atoms with Crippen LogP contribution in [0.4, 0.5) is 0 Å². The molecule has 0 bridgehead atoms. The minimum absolute atomic E-state index is 0. The van der Waals surface area contributed by atoms with E-state index in [2.05, 4.69) is 143 Å². The van der Waals surface area contributed by atoms with Crippen molar-refractivity contribution in [2.75, 3.05) is 27.3 Å². The van der Waals surface area contributed by atoms with E-state index in [0.717, 1.165) is 84.8 Å². The third kappa shape index (κ3) is 14.9. The maximum Gasteiger partial charge on any atom is 0 e. The van der Waals surface area contributed by atoms with Crippen LogP contribution in [-0.2, 0) is 140 Å². The Morgan fingerprint density at radius 3 is 0.852 bits per heavy atom. The second-order valence-corrected chi connectivity index (χ2v) is 20.5. The second kappa shape index (κ2) is 26.8. The summed E-state index contributed by atoms with van der Waals surface area (Å²) in [5.41, 5.74) is 8.87. The number of imidazole rings is 4. The first kappa shape index (κ1) is 55.3. The van der Waals surface area contributed by atoms with E-state index >= 15 is 0 Å². The number of aryl methyl sites for hydroxylation is 4. The Hall–Kier alpha value is -1.83. The maximum absolute atomic E-state index is 4.94. The molecule has 1 aliphatic rings. The Balaban J connectivity index is 0.000000331. The molecule has 1 fully saturated rings. The zero-order chi connectivity index (χ0) is 40.5. The second-order valence-electron chi connectivity index (χ2n) is 14.1. The number of hydrogen-bond acceptors (Lipinski definition) is 7. The largest absolute Gasteiger partial charge is 0 e. The molecule has 19 heteroatoms. The topological polar surface area (TPSA) is 87.0 Å². The maximum atomic E-state index is 4.94. The summed E-state index contributed by atoms with van der Waals surface area (Å²) in [5, 5.41) is 0. The molecule has 11 nitrogen and oxygen atoms in total. The fourth-order valence-corrected chi connectivity index (χ4v) is 6.94. The molecular formula is C42H50Cl3Cr5N10O+. The van der Waals surface area contributed by atoms with Crippen LogP contribution in [0.3, 0.4) is 0 Å². The van der Waals surface area contributed by atoms with Gasteiger partial charge in [0, 0.05) is 111 Å². The van der Waals surface area contributed by atoms with Gasteiger partial charge in [0.1, 0.15) is 23.3 Å². The number of ether oxygens (including phenoxy) is 1. The number of benzene rings is 4. The molecule has 4 aromatic carbocycles. The Morgan fingerprint density at radius 2 is 0.672 bits per heavy atom. The number of nitrogens with zero attached hydrogens (tertiary/aromatic N) is 10. The van der Waals surface area contributed by atoms with E-state index in [1.165, 1.54) is 34.9 Å². The summed E-state index contributed by atoms with van der Waals surface area (Å²) in [6.45, 7) is 5.14. The van der Waals surface area contributed by atoms with Gasteiger partial charge in [-0.15, -0.1) is 0 Å². The van der Waals surface area contributed by atoms with Crippen LogP contribution in [0.1, 0.15) is 36.1 Å². The van der Waals surface area contributed by atoms with E-state index in [4.69, 9.17) is 54.8 Å². The minimum Gasteiger partial charge on any atom is 0 e. The standard InChI is InChI=1S/2C19H21N5.C4H8O.3ClH.5Cr/c2*1-22(12-18-20-14-8-4-6-10-16(14)23(18)2)13-19-21-15-9-5-7-11-17(15)24(19)3;1-2-4-5-3-1;;;;;;;;/h2*4-11H,12-13H2,1-3H3;1-4H2;3*1H;;;;;/q;;;;;;;;;;+4/p-3. The molecule has 0 atom stereocenters. The number of hydrogen-bond donors (Lipinski definition) is 0. The monoisotopic (exact) mass is 1080 g/mol. The van der Waals surface area contributed by atoms with Crippen molar-refractivity contribution in [1.29, 1.82) is 0 Å². The molecule has 5 heterocycles. The van der Waals surface area contributed by atoms with E-state index in [1.54, 1.807) is 0 Å². The Labute approximate surface area is 418 Å². The van der Waals surface area contributed by atoms with Crippen LogP contribution >= 0.6 is 30.1 Å². The average Bonchev–Trinajstić information content (AvgIpc) is 4.04. The fourth-order valence-electron chi connectivity index (χ4n) is 6.94. The van der Waals surface area contributed by atoms with Gasteiger partial charge in [-0.2, -0.15) is 0 Å². The molecule has 4 aromatic heterocycles. The number of rotatable bonds is 8. The predicted octanol–water partition coefficient (Wildman–Crippen LogP) is 9.04. The molecule has 0 unspecified atom stereocenters. The van der Waals surface area contributed by atoms with Gasteiger partial charge in [-0.1, -0.05) is 48.5 Å². The van der Waals surface area contributed by atoms with E-state index in [0.29, 0.717) is 0 Å². The number of aromatic nitrogens is 8. The van der Waals surface area contributed by atoms with Crippen LogP contribution in [0.25, 0.3) is 44.1 Å². The van der Waals surface area contributed by atoms with E-state index in [-0.39, 0.29) is 69.4 Å². The molecule has 0 radical (unpaired) electrons. The zero-order valence-corrected chi connectivity index (χ0v) is 43.6. The van der Waals surface area contributed by atoms with Crippen molar-refractivity contribution in [2.45, 2.75) is 39.0 Å². The number of fused-ring (bicyclic) bond motifs is 4. The van der Waals surface area contributed by atoms with Crippen molar-refractivity contribution >= 4 is 74.3 Å². The molecular weight excluding hydrogens is 1030 g/mol. The SMILES string of the molecule is C1CCOC1.CN(Cc1nc2ccccc2n1C)Cc1nc2ccccc2n1C.CN(Cc1nc2ccccc2n1C)Cc1nc2ccccc2n1C.[Cl][Cr+]([Cl])[Cl].[Cr].[Cr].[Cr].[Cr]. The molecule has 61 heavy (non-hydrogen) atoms. The first-order valence-electron chi connectivity index (χ1n) is 18.8. The zero-order valence-electron chi connectivity index (χ0n) is 34.9. The van der Waals surface area contributed by atoms with Crippen molar-refractivity contribution in [3.63, 3.8) is 0 Å². The Morgan fingerprint density at radius 1 is 0.459 bits per heavy atom. The number of para-hydroxylation sites is 8. The van der Waals surface area contributed by atoms with Gasteiger partial charge < -0.3 is 23.0 Å². The molecule has 1 aliphatic heterocycles. The summed E-state index contributed by atoms with van der Waals surface area (Å²) >= 11 is -1.62. The van der Waals surface area contributed by atoms with Crippen molar-refractivity contribution in [2.24, 2.45) is 28.2 Å². The minimum atomic E-state index is -1.62. The van der Waals surface area contributed by atoms with Gasteiger partial charge in [-0.3, -0.25) is 9.80 Å². The molecule has 0 spiro atoms. The Kier molecular flexibility index (Phi) is 24.3. The van der Waals surface area contributed by atoms with E-state index in [9.17, 15) is 0 Å². The number of halogens is 3. The summed E-state index contributed by atoms with van der Waals surface area (Å²) in [6, 6.07) is 33.0. The predicted molar refractivity (Wildman–Crippen MR) is 231 cm³/mol. The Bertz CT molecular complexity index is 2200. The van der Waals surface area contributed by atoms with E-state index < -0.39 is 11.4 Å². The van der Waals surface area contributed by atoms with Crippen molar-refractivity contribution in [3.8, 4) is 0 Å². The molecule has 0 saturated carbocycles. The van der Waals surface area contributed by atoms with Crippen molar-refractivity contribution in [1.82, 2.24) is 48.0 Å². The van der Waals surface area contributed by atoms with Crippen LogP contribution in [0.15, 0.2) is 97.1 Å². The quantitative estimate of drug-likeness (QED) is 0.150. The molecule has 8 aromatic rings. The summed E-state index contributed by atoms with van der Waals surface area (Å²) in [7, 11) is 27.3. The molecule has 0 amide bonds. The van der Waals surface area contributed by atoms with Crippen LogP contribution in [-0.4, -0.2) is 75.3 Å². The third-order valence-corrected chi connectivity index (χ3v) is 9.99. The van der Waals surface area contributed by atoms with Gasteiger partial charge >= 0.3 is 41.5 Å². The third-order valence-electron chi connectivity index (χ3n) is 9.99. The van der Waals surface area contributed by atoms with Crippen LogP contribution in [0.5, 0.6) is 0 Å². The summed E-state index contributed by atoms with van der Waals surface area (Å²) in [6.07, 6.45) is 2.56.